The van der Waals surface area contributed by atoms with Gasteiger partial charge in [-0.15, -0.1) is 0 Å². The molecular weight excluding hydrogens is 319 g/mol. The zero-order chi connectivity index (χ0) is 16.4. The lowest BCUT2D eigenvalue weighted by Gasteiger charge is -2.13. The van der Waals surface area contributed by atoms with Crippen LogP contribution in [-0.4, -0.2) is 35.9 Å². The molecule has 2 N–H and O–H groups in total. The van der Waals surface area contributed by atoms with Crippen LogP contribution in [0.3, 0.4) is 0 Å². The van der Waals surface area contributed by atoms with Gasteiger partial charge in [0, 0.05) is 17.8 Å². The largest absolute Gasteiger partial charge is 0.366 e. The maximum Gasteiger partial charge on any atom is 0.229 e. The molecule has 1 aliphatic heterocycles. The van der Waals surface area contributed by atoms with Crippen LogP contribution in [0.5, 0.6) is 0 Å². The Bertz CT molecular complexity index is 826. The van der Waals surface area contributed by atoms with E-state index in [1.165, 1.54) is 6.07 Å². The van der Waals surface area contributed by atoms with Crippen molar-refractivity contribution in [2.75, 3.05) is 22.1 Å². The van der Waals surface area contributed by atoms with Crippen LogP contribution in [0.2, 0.25) is 0 Å². The molecule has 23 heavy (non-hydrogen) atoms. The van der Waals surface area contributed by atoms with Gasteiger partial charge in [0.15, 0.2) is 9.84 Å². The van der Waals surface area contributed by atoms with Crippen LogP contribution in [0, 0.1) is 12.7 Å². The summed E-state index contributed by atoms with van der Waals surface area (Å²) in [6, 6.07) is 7.83. The molecule has 1 aromatic carbocycles. The van der Waals surface area contributed by atoms with Gasteiger partial charge in [-0.3, -0.25) is 0 Å². The summed E-state index contributed by atoms with van der Waals surface area (Å²) in [6.45, 7) is 1.80. The molecule has 2 aromatic rings. The SMILES string of the molecule is Cc1cc(NC2CCS(=O)(=O)C2)nc(Nc2ccccc2F)n1. The Balaban J connectivity index is 1.78. The Hall–Kier alpha value is -2.22. The minimum atomic E-state index is -2.96. The average Bonchev–Trinajstić information content (AvgIpc) is 2.80. The zero-order valence-corrected chi connectivity index (χ0v) is 13.4. The molecule has 0 amide bonds. The van der Waals surface area contributed by atoms with Gasteiger partial charge in [0.2, 0.25) is 5.95 Å². The molecule has 122 valence electrons. The van der Waals surface area contributed by atoms with E-state index < -0.39 is 15.7 Å². The number of rotatable bonds is 4. The van der Waals surface area contributed by atoms with E-state index in [9.17, 15) is 12.8 Å². The highest BCUT2D eigenvalue weighted by molar-refractivity contribution is 7.91. The molecule has 3 rings (SSSR count). The molecule has 1 saturated heterocycles. The third-order valence-electron chi connectivity index (χ3n) is 3.56. The topological polar surface area (TPSA) is 84.0 Å². The molecule has 1 aliphatic rings. The number of sulfone groups is 1. The minimum Gasteiger partial charge on any atom is -0.366 e. The van der Waals surface area contributed by atoms with Gasteiger partial charge >= 0.3 is 0 Å². The van der Waals surface area contributed by atoms with Crippen LogP contribution >= 0.6 is 0 Å². The molecule has 0 saturated carbocycles. The fourth-order valence-electron chi connectivity index (χ4n) is 2.50. The molecule has 2 heterocycles. The lowest BCUT2D eigenvalue weighted by atomic mass is 10.2. The summed E-state index contributed by atoms with van der Waals surface area (Å²) in [7, 11) is -2.96. The summed E-state index contributed by atoms with van der Waals surface area (Å²) in [5, 5.41) is 5.95. The number of nitrogens with zero attached hydrogens (tertiary/aromatic N) is 2. The van der Waals surface area contributed by atoms with Crippen molar-refractivity contribution in [1.29, 1.82) is 0 Å². The molecule has 1 aromatic heterocycles. The van der Waals surface area contributed by atoms with E-state index in [0.717, 1.165) is 0 Å². The fraction of sp³-hybridized carbons (Fsp3) is 0.333. The molecule has 8 heteroatoms. The third-order valence-corrected chi connectivity index (χ3v) is 5.33. The predicted molar refractivity (Wildman–Crippen MR) is 87.1 cm³/mol. The fourth-order valence-corrected chi connectivity index (χ4v) is 4.17. The number of nitrogens with one attached hydrogen (secondary N) is 2. The zero-order valence-electron chi connectivity index (χ0n) is 12.6. The van der Waals surface area contributed by atoms with Gasteiger partial charge < -0.3 is 10.6 Å². The van der Waals surface area contributed by atoms with E-state index in [1.807, 2.05) is 0 Å². The molecule has 0 aliphatic carbocycles. The first-order valence-electron chi connectivity index (χ1n) is 7.25. The predicted octanol–water partition coefficient (Wildman–Crippen LogP) is 2.27. The molecule has 0 radical (unpaired) electrons. The molecule has 1 atom stereocenters. The summed E-state index contributed by atoms with van der Waals surface area (Å²) < 4.78 is 36.7. The van der Waals surface area contributed by atoms with Crippen molar-refractivity contribution < 1.29 is 12.8 Å². The molecule has 0 spiro atoms. The second kappa shape index (κ2) is 6.11. The number of anilines is 3. The lowest BCUT2D eigenvalue weighted by Crippen LogP contribution is -2.21. The number of halogens is 1. The standard InChI is InChI=1S/C15H17FN4O2S/c1-10-8-14(18-11-6-7-23(21,22)9-11)20-15(17-10)19-13-5-3-2-4-12(13)16/h2-5,8,11H,6-7,9H2,1H3,(H2,17,18,19,20). The van der Waals surface area contributed by atoms with Crippen molar-refractivity contribution in [2.45, 2.75) is 19.4 Å². The molecule has 1 unspecified atom stereocenters. The second-order valence-electron chi connectivity index (χ2n) is 5.57. The lowest BCUT2D eigenvalue weighted by molar-refractivity contribution is 0.602. The molecule has 1 fully saturated rings. The van der Waals surface area contributed by atoms with Crippen LogP contribution in [-0.2, 0) is 9.84 Å². The van der Waals surface area contributed by atoms with Crippen LogP contribution in [0.25, 0.3) is 0 Å². The van der Waals surface area contributed by atoms with E-state index in [2.05, 4.69) is 20.6 Å². The maximum atomic E-state index is 13.7. The Kier molecular flexibility index (Phi) is 4.16. The number of hydrogen-bond donors (Lipinski definition) is 2. The quantitative estimate of drug-likeness (QED) is 0.891. The normalized spacial score (nSPS) is 19.5. The minimum absolute atomic E-state index is 0.103. The smallest absolute Gasteiger partial charge is 0.229 e. The van der Waals surface area contributed by atoms with E-state index in [-0.39, 0.29) is 29.2 Å². The van der Waals surface area contributed by atoms with E-state index in [0.29, 0.717) is 17.9 Å². The number of benzene rings is 1. The van der Waals surface area contributed by atoms with Gasteiger partial charge in [-0.2, -0.15) is 4.98 Å². The number of aryl methyl sites for hydroxylation is 1. The Morgan fingerprint density at radius 2 is 2.04 bits per heavy atom. The highest BCUT2D eigenvalue weighted by Gasteiger charge is 2.28. The summed E-state index contributed by atoms with van der Waals surface area (Å²) in [5.74, 6) is 0.687. The van der Waals surface area contributed by atoms with Crippen molar-refractivity contribution in [3.8, 4) is 0 Å². The number of aromatic nitrogens is 2. The first kappa shape index (κ1) is 15.7. The Labute approximate surface area is 134 Å². The first-order valence-corrected chi connectivity index (χ1v) is 9.08. The maximum absolute atomic E-state index is 13.7. The number of para-hydroxylation sites is 1. The van der Waals surface area contributed by atoms with Crippen molar-refractivity contribution in [3.05, 3.63) is 41.8 Å². The van der Waals surface area contributed by atoms with Gasteiger partial charge in [-0.05, 0) is 25.5 Å². The van der Waals surface area contributed by atoms with E-state index in [1.54, 1.807) is 31.2 Å². The van der Waals surface area contributed by atoms with Gasteiger partial charge in [0.1, 0.15) is 11.6 Å². The highest BCUT2D eigenvalue weighted by Crippen LogP contribution is 2.20. The third kappa shape index (κ3) is 3.95. The van der Waals surface area contributed by atoms with Gasteiger partial charge in [0.05, 0.1) is 17.2 Å². The van der Waals surface area contributed by atoms with Crippen LogP contribution in [0.15, 0.2) is 30.3 Å². The summed E-state index contributed by atoms with van der Waals surface area (Å²) in [6.07, 6.45) is 0.557. The molecule has 6 nitrogen and oxygen atoms in total. The van der Waals surface area contributed by atoms with Crippen LogP contribution < -0.4 is 10.6 Å². The monoisotopic (exact) mass is 336 g/mol. The van der Waals surface area contributed by atoms with Crippen LogP contribution in [0.4, 0.5) is 21.8 Å². The Morgan fingerprint density at radius 1 is 1.26 bits per heavy atom. The summed E-state index contributed by atoms with van der Waals surface area (Å²) in [5.41, 5.74) is 0.981. The first-order chi connectivity index (χ1) is 10.9. The van der Waals surface area contributed by atoms with Crippen molar-refractivity contribution in [3.63, 3.8) is 0 Å². The average molecular weight is 336 g/mol. The van der Waals surface area contributed by atoms with E-state index in [4.69, 9.17) is 0 Å². The summed E-state index contributed by atoms with van der Waals surface area (Å²) >= 11 is 0. The van der Waals surface area contributed by atoms with Gasteiger partial charge in [0.25, 0.3) is 0 Å². The van der Waals surface area contributed by atoms with E-state index >= 15 is 0 Å². The second-order valence-corrected chi connectivity index (χ2v) is 7.80. The van der Waals surface area contributed by atoms with Crippen molar-refractivity contribution in [2.24, 2.45) is 0 Å². The van der Waals surface area contributed by atoms with Crippen molar-refractivity contribution in [1.82, 2.24) is 9.97 Å². The van der Waals surface area contributed by atoms with Gasteiger partial charge in [-0.25, -0.2) is 17.8 Å². The summed E-state index contributed by atoms with van der Waals surface area (Å²) in [4.78, 5) is 8.51. The van der Waals surface area contributed by atoms with Crippen molar-refractivity contribution >= 4 is 27.3 Å². The van der Waals surface area contributed by atoms with Crippen LogP contribution in [0.1, 0.15) is 12.1 Å². The highest BCUT2D eigenvalue weighted by atomic mass is 32.2. The number of hydrogen-bond acceptors (Lipinski definition) is 6. The molecular formula is C15H17FN4O2S. The Morgan fingerprint density at radius 3 is 2.74 bits per heavy atom. The van der Waals surface area contributed by atoms with Gasteiger partial charge in [-0.1, -0.05) is 12.1 Å². The molecule has 0 bridgehead atoms.